The quantitative estimate of drug-likeness (QED) is 0.892. The lowest BCUT2D eigenvalue weighted by molar-refractivity contribution is 0.135. The summed E-state index contributed by atoms with van der Waals surface area (Å²) in [7, 11) is 0. The molecular formula is C15H28N2O2. The average Bonchev–Trinajstić information content (AvgIpc) is 2.63. The summed E-state index contributed by atoms with van der Waals surface area (Å²) < 4.78 is 5.80. The first-order valence-corrected chi connectivity index (χ1v) is 6.90. The lowest BCUT2D eigenvalue weighted by Gasteiger charge is -2.28. The standard InChI is InChI=1S/C15H28N2O2/c1-14(2,3)11-17(7-8-18)10-13-16-9-12(19-13)15(4,5)6/h9,18H,7-8,10-11H2,1-6H3. The molecule has 0 saturated carbocycles. The molecule has 0 fully saturated rings. The minimum absolute atomic E-state index is 0.0168. The number of rotatable bonds is 5. The summed E-state index contributed by atoms with van der Waals surface area (Å²) >= 11 is 0. The van der Waals surface area contributed by atoms with Gasteiger partial charge in [0.15, 0.2) is 0 Å². The highest BCUT2D eigenvalue weighted by Crippen LogP contribution is 2.23. The summed E-state index contributed by atoms with van der Waals surface area (Å²) in [4.78, 5) is 6.52. The van der Waals surface area contributed by atoms with Gasteiger partial charge in [0.05, 0.1) is 19.3 Å². The molecule has 0 amide bonds. The van der Waals surface area contributed by atoms with Crippen LogP contribution in [0, 0.1) is 5.41 Å². The molecule has 4 nitrogen and oxygen atoms in total. The lowest BCUT2D eigenvalue weighted by Crippen LogP contribution is -2.34. The molecule has 1 rings (SSSR count). The van der Waals surface area contributed by atoms with Crippen molar-refractivity contribution in [3.63, 3.8) is 0 Å². The van der Waals surface area contributed by atoms with Gasteiger partial charge in [-0.05, 0) is 5.41 Å². The molecule has 19 heavy (non-hydrogen) atoms. The summed E-state index contributed by atoms with van der Waals surface area (Å²) in [5, 5.41) is 9.15. The van der Waals surface area contributed by atoms with E-state index in [0.29, 0.717) is 13.1 Å². The minimum Gasteiger partial charge on any atom is -0.444 e. The number of hydrogen-bond acceptors (Lipinski definition) is 4. The Morgan fingerprint density at radius 2 is 1.84 bits per heavy atom. The zero-order valence-electron chi connectivity index (χ0n) is 13.2. The van der Waals surface area contributed by atoms with Crippen LogP contribution >= 0.6 is 0 Å². The van der Waals surface area contributed by atoms with Gasteiger partial charge < -0.3 is 9.52 Å². The van der Waals surface area contributed by atoms with Crippen molar-refractivity contribution in [1.82, 2.24) is 9.88 Å². The van der Waals surface area contributed by atoms with Crippen LogP contribution in [0.3, 0.4) is 0 Å². The maximum atomic E-state index is 9.15. The Hall–Kier alpha value is -0.870. The van der Waals surface area contributed by atoms with E-state index in [0.717, 1.165) is 18.2 Å². The van der Waals surface area contributed by atoms with Crippen molar-refractivity contribution in [3.05, 3.63) is 17.8 Å². The van der Waals surface area contributed by atoms with E-state index in [9.17, 15) is 0 Å². The van der Waals surface area contributed by atoms with Crippen LogP contribution in [0.1, 0.15) is 53.2 Å². The summed E-state index contributed by atoms with van der Waals surface area (Å²) in [5.74, 6) is 1.63. The third-order valence-corrected chi connectivity index (χ3v) is 2.77. The van der Waals surface area contributed by atoms with Gasteiger partial charge in [0.1, 0.15) is 5.76 Å². The second kappa shape index (κ2) is 6.06. The normalized spacial score (nSPS) is 13.3. The first-order chi connectivity index (χ1) is 8.62. The molecule has 0 saturated heterocycles. The van der Waals surface area contributed by atoms with Gasteiger partial charge >= 0.3 is 0 Å². The molecule has 1 heterocycles. The lowest BCUT2D eigenvalue weighted by atomic mass is 9.94. The molecule has 1 aromatic heterocycles. The predicted octanol–water partition coefficient (Wildman–Crippen LogP) is 2.81. The molecule has 4 heteroatoms. The number of aliphatic hydroxyl groups is 1. The molecule has 0 radical (unpaired) electrons. The van der Waals surface area contributed by atoms with Crippen molar-refractivity contribution in [2.75, 3.05) is 19.7 Å². The van der Waals surface area contributed by atoms with E-state index < -0.39 is 0 Å². The van der Waals surface area contributed by atoms with E-state index in [1.54, 1.807) is 0 Å². The zero-order chi connectivity index (χ0) is 14.7. The Balaban J connectivity index is 2.71. The van der Waals surface area contributed by atoms with Crippen LogP contribution in [-0.4, -0.2) is 34.7 Å². The first kappa shape index (κ1) is 16.2. The van der Waals surface area contributed by atoms with E-state index in [1.807, 2.05) is 6.20 Å². The van der Waals surface area contributed by atoms with Crippen LogP contribution in [-0.2, 0) is 12.0 Å². The topological polar surface area (TPSA) is 49.5 Å². The van der Waals surface area contributed by atoms with E-state index in [-0.39, 0.29) is 17.4 Å². The second-order valence-corrected chi connectivity index (χ2v) is 7.36. The van der Waals surface area contributed by atoms with Gasteiger partial charge in [0.25, 0.3) is 0 Å². The predicted molar refractivity (Wildman–Crippen MR) is 77.0 cm³/mol. The van der Waals surface area contributed by atoms with E-state index >= 15 is 0 Å². The molecule has 0 unspecified atom stereocenters. The fourth-order valence-electron chi connectivity index (χ4n) is 1.95. The zero-order valence-corrected chi connectivity index (χ0v) is 13.2. The Labute approximate surface area is 116 Å². The first-order valence-electron chi connectivity index (χ1n) is 6.90. The number of hydrogen-bond donors (Lipinski definition) is 1. The Kier molecular flexibility index (Phi) is 5.16. The van der Waals surface area contributed by atoms with Gasteiger partial charge in [-0.15, -0.1) is 0 Å². The van der Waals surface area contributed by atoms with Crippen LogP contribution in [0.5, 0.6) is 0 Å². The van der Waals surface area contributed by atoms with Crippen LogP contribution in [0.2, 0.25) is 0 Å². The molecule has 0 atom stereocenters. The fraction of sp³-hybridized carbons (Fsp3) is 0.800. The molecule has 0 aliphatic carbocycles. The molecule has 0 aliphatic rings. The van der Waals surface area contributed by atoms with Crippen molar-refractivity contribution in [2.24, 2.45) is 5.41 Å². The van der Waals surface area contributed by atoms with E-state index in [4.69, 9.17) is 9.52 Å². The van der Waals surface area contributed by atoms with Gasteiger partial charge in [-0.1, -0.05) is 41.5 Å². The number of aliphatic hydroxyl groups excluding tert-OH is 1. The van der Waals surface area contributed by atoms with Crippen molar-refractivity contribution in [3.8, 4) is 0 Å². The fourth-order valence-corrected chi connectivity index (χ4v) is 1.95. The van der Waals surface area contributed by atoms with Crippen molar-refractivity contribution >= 4 is 0 Å². The highest BCUT2D eigenvalue weighted by atomic mass is 16.4. The maximum absolute atomic E-state index is 9.15. The summed E-state index contributed by atoms with van der Waals surface area (Å²) in [6.45, 7) is 15.2. The van der Waals surface area contributed by atoms with Gasteiger partial charge in [-0.25, -0.2) is 4.98 Å². The molecule has 0 aliphatic heterocycles. The molecule has 1 aromatic rings. The van der Waals surface area contributed by atoms with Crippen molar-refractivity contribution in [2.45, 2.75) is 53.5 Å². The highest BCUT2D eigenvalue weighted by molar-refractivity contribution is 5.06. The molecular weight excluding hydrogens is 240 g/mol. The van der Waals surface area contributed by atoms with Crippen LogP contribution < -0.4 is 0 Å². The average molecular weight is 268 g/mol. The number of aromatic nitrogens is 1. The summed E-state index contributed by atoms with van der Waals surface area (Å²) in [6.07, 6.45) is 1.81. The maximum Gasteiger partial charge on any atom is 0.208 e. The molecule has 1 N–H and O–H groups in total. The third-order valence-electron chi connectivity index (χ3n) is 2.77. The molecule has 0 aromatic carbocycles. The monoisotopic (exact) mass is 268 g/mol. The van der Waals surface area contributed by atoms with Crippen LogP contribution in [0.25, 0.3) is 0 Å². The number of oxazole rings is 1. The van der Waals surface area contributed by atoms with Gasteiger partial charge in [-0.3, -0.25) is 4.90 Å². The SMILES string of the molecule is CC(C)(C)CN(CCO)Cc1ncc(C(C)(C)C)o1. The van der Waals surface area contributed by atoms with Gasteiger partial charge in [-0.2, -0.15) is 0 Å². The van der Waals surface area contributed by atoms with E-state index in [1.165, 1.54) is 0 Å². The van der Waals surface area contributed by atoms with Crippen LogP contribution in [0.4, 0.5) is 0 Å². The van der Waals surface area contributed by atoms with E-state index in [2.05, 4.69) is 51.4 Å². The van der Waals surface area contributed by atoms with Gasteiger partial charge in [0, 0.05) is 18.5 Å². The second-order valence-electron chi connectivity index (χ2n) is 7.36. The molecule has 110 valence electrons. The number of nitrogens with zero attached hydrogens (tertiary/aromatic N) is 2. The molecule has 0 spiro atoms. The Morgan fingerprint density at radius 1 is 1.21 bits per heavy atom. The summed E-state index contributed by atoms with van der Waals surface area (Å²) in [6, 6.07) is 0. The minimum atomic E-state index is -0.0168. The van der Waals surface area contributed by atoms with Gasteiger partial charge in [0.2, 0.25) is 5.89 Å². The van der Waals surface area contributed by atoms with Crippen LogP contribution in [0.15, 0.2) is 10.6 Å². The van der Waals surface area contributed by atoms with Crippen molar-refractivity contribution < 1.29 is 9.52 Å². The third kappa shape index (κ3) is 5.74. The Bertz CT molecular complexity index is 386. The highest BCUT2D eigenvalue weighted by Gasteiger charge is 2.21. The Morgan fingerprint density at radius 3 is 2.26 bits per heavy atom. The summed E-state index contributed by atoms with van der Waals surface area (Å²) in [5.41, 5.74) is 0.172. The smallest absolute Gasteiger partial charge is 0.208 e. The largest absolute Gasteiger partial charge is 0.444 e. The molecule has 0 bridgehead atoms. The van der Waals surface area contributed by atoms with Crippen molar-refractivity contribution in [1.29, 1.82) is 0 Å².